The molecule has 0 saturated carbocycles. The maximum Gasteiger partial charge on any atom is 0.193 e. The van der Waals surface area contributed by atoms with Crippen LogP contribution in [0.1, 0.15) is 43.0 Å². The molecule has 0 aliphatic heterocycles. The first kappa shape index (κ1) is 16.5. The van der Waals surface area contributed by atoms with Gasteiger partial charge in [0.25, 0.3) is 0 Å². The lowest BCUT2D eigenvalue weighted by atomic mass is 10.0. The molecule has 0 aliphatic carbocycles. The van der Waals surface area contributed by atoms with Crippen LogP contribution in [0.25, 0.3) is 0 Å². The van der Waals surface area contributed by atoms with E-state index in [2.05, 4.69) is 53.6 Å². The van der Waals surface area contributed by atoms with Crippen molar-refractivity contribution in [2.45, 2.75) is 39.5 Å². The molecule has 0 amide bonds. The summed E-state index contributed by atoms with van der Waals surface area (Å²) in [5.41, 5.74) is 9.31. The fourth-order valence-corrected chi connectivity index (χ4v) is 2.86. The number of nitrogens with zero attached hydrogens (tertiary/aromatic N) is 2. The lowest BCUT2D eigenvalue weighted by Gasteiger charge is -2.09. The standard InChI is InChI=1S/C17H24N4S/c1-4-16-20-15(11-22-16)8-9-19-17(18)21-14-7-5-6-13(10-14)12(2)3/h5-7,10-12H,4,8-9H2,1-3H3,(H3,18,19,21). The summed E-state index contributed by atoms with van der Waals surface area (Å²) in [6.07, 6.45) is 1.81. The fourth-order valence-electron chi connectivity index (χ4n) is 2.08. The van der Waals surface area contributed by atoms with E-state index in [0.717, 1.165) is 24.2 Å². The van der Waals surface area contributed by atoms with Crippen LogP contribution < -0.4 is 11.1 Å². The van der Waals surface area contributed by atoms with Gasteiger partial charge in [-0.25, -0.2) is 4.98 Å². The second-order valence-electron chi connectivity index (χ2n) is 5.51. The minimum absolute atomic E-state index is 0.451. The molecule has 0 bridgehead atoms. The van der Waals surface area contributed by atoms with Gasteiger partial charge < -0.3 is 11.1 Å². The Morgan fingerprint density at radius 2 is 2.23 bits per heavy atom. The lowest BCUT2D eigenvalue weighted by molar-refractivity contribution is 0.867. The molecule has 118 valence electrons. The first-order chi connectivity index (χ1) is 10.6. The number of rotatable bonds is 6. The highest BCUT2D eigenvalue weighted by Crippen LogP contribution is 2.18. The summed E-state index contributed by atoms with van der Waals surface area (Å²) in [7, 11) is 0. The number of thiazole rings is 1. The Balaban J connectivity index is 1.88. The van der Waals surface area contributed by atoms with Gasteiger partial charge in [0.15, 0.2) is 5.96 Å². The van der Waals surface area contributed by atoms with Crippen LogP contribution in [0, 0.1) is 0 Å². The van der Waals surface area contributed by atoms with E-state index >= 15 is 0 Å². The smallest absolute Gasteiger partial charge is 0.193 e. The molecule has 0 unspecified atom stereocenters. The van der Waals surface area contributed by atoms with E-state index in [9.17, 15) is 0 Å². The summed E-state index contributed by atoms with van der Waals surface area (Å²) in [5.74, 6) is 0.948. The summed E-state index contributed by atoms with van der Waals surface area (Å²) in [4.78, 5) is 8.90. The molecule has 1 aromatic carbocycles. The highest BCUT2D eigenvalue weighted by atomic mass is 32.1. The van der Waals surface area contributed by atoms with Gasteiger partial charge in [0.05, 0.1) is 10.7 Å². The van der Waals surface area contributed by atoms with E-state index in [1.165, 1.54) is 10.6 Å². The molecule has 0 fully saturated rings. The highest BCUT2D eigenvalue weighted by Gasteiger charge is 2.02. The van der Waals surface area contributed by atoms with Gasteiger partial charge in [-0.2, -0.15) is 0 Å². The van der Waals surface area contributed by atoms with Crippen molar-refractivity contribution in [3.63, 3.8) is 0 Å². The molecule has 1 aromatic heterocycles. The second kappa shape index (κ2) is 7.94. The van der Waals surface area contributed by atoms with E-state index in [1.54, 1.807) is 11.3 Å². The van der Waals surface area contributed by atoms with Crippen molar-refractivity contribution >= 4 is 23.0 Å². The lowest BCUT2D eigenvalue weighted by Crippen LogP contribution is -2.23. The average molecular weight is 316 g/mol. The zero-order chi connectivity index (χ0) is 15.9. The Kier molecular flexibility index (Phi) is 5.95. The van der Waals surface area contributed by atoms with Crippen molar-refractivity contribution in [3.8, 4) is 0 Å². The van der Waals surface area contributed by atoms with Crippen LogP contribution in [-0.4, -0.2) is 17.5 Å². The predicted octanol–water partition coefficient (Wildman–Crippen LogP) is 3.80. The molecule has 1 heterocycles. The number of hydrogen-bond donors (Lipinski definition) is 2. The van der Waals surface area contributed by atoms with E-state index < -0.39 is 0 Å². The number of aromatic nitrogens is 1. The molecular weight excluding hydrogens is 292 g/mol. The van der Waals surface area contributed by atoms with Crippen LogP contribution in [0.5, 0.6) is 0 Å². The third-order valence-electron chi connectivity index (χ3n) is 3.38. The minimum atomic E-state index is 0.451. The molecule has 0 saturated heterocycles. The molecule has 0 radical (unpaired) electrons. The molecule has 5 heteroatoms. The number of nitrogens with one attached hydrogen (secondary N) is 1. The quantitative estimate of drug-likeness (QED) is 0.629. The van der Waals surface area contributed by atoms with E-state index in [1.807, 2.05) is 12.1 Å². The van der Waals surface area contributed by atoms with E-state index in [4.69, 9.17) is 5.73 Å². The van der Waals surface area contributed by atoms with Crippen molar-refractivity contribution in [3.05, 3.63) is 45.9 Å². The van der Waals surface area contributed by atoms with Crippen molar-refractivity contribution in [2.24, 2.45) is 10.7 Å². The maximum atomic E-state index is 5.95. The van der Waals surface area contributed by atoms with Gasteiger partial charge in [0.1, 0.15) is 0 Å². The summed E-state index contributed by atoms with van der Waals surface area (Å²) < 4.78 is 0. The molecule has 0 spiro atoms. The fraction of sp³-hybridized carbons (Fsp3) is 0.412. The Bertz CT molecular complexity index is 631. The predicted molar refractivity (Wildman–Crippen MR) is 95.8 cm³/mol. The van der Waals surface area contributed by atoms with Gasteiger partial charge >= 0.3 is 0 Å². The van der Waals surface area contributed by atoms with Crippen molar-refractivity contribution < 1.29 is 0 Å². The highest BCUT2D eigenvalue weighted by molar-refractivity contribution is 7.09. The van der Waals surface area contributed by atoms with Gasteiger partial charge in [-0.1, -0.05) is 32.9 Å². The molecule has 2 aromatic rings. The number of anilines is 1. The van der Waals surface area contributed by atoms with Crippen LogP contribution in [-0.2, 0) is 12.8 Å². The minimum Gasteiger partial charge on any atom is -0.370 e. The van der Waals surface area contributed by atoms with Crippen LogP contribution in [0.15, 0.2) is 34.6 Å². The number of hydrogen-bond acceptors (Lipinski definition) is 3. The van der Waals surface area contributed by atoms with Crippen LogP contribution >= 0.6 is 11.3 Å². The van der Waals surface area contributed by atoms with E-state index in [0.29, 0.717) is 18.4 Å². The maximum absolute atomic E-state index is 5.95. The Hall–Kier alpha value is -1.88. The van der Waals surface area contributed by atoms with Crippen LogP contribution in [0.2, 0.25) is 0 Å². The number of nitrogens with two attached hydrogens (primary N) is 1. The molecule has 2 rings (SSSR count). The van der Waals surface area contributed by atoms with Gasteiger partial charge in [-0.3, -0.25) is 4.99 Å². The second-order valence-corrected chi connectivity index (χ2v) is 6.45. The van der Waals surface area contributed by atoms with Crippen LogP contribution in [0.4, 0.5) is 5.69 Å². The van der Waals surface area contributed by atoms with Gasteiger partial charge in [0.2, 0.25) is 0 Å². The average Bonchev–Trinajstić information content (AvgIpc) is 2.95. The van der Waals surface area contributed by atoms with Gasteiger partial charge in [-0.05, 0) is 30.0 Å². The normalized spacial score (nSPS) is 11.9. The third-order valence-corrected chi connectivity index (χ3v) is 4.42. The first-order valence-electron chi connectivity index (χ1n) is 7.68. The van der Waals surface area contributed by atoms with Gasteiger partial charge in [-0.15, -0.1) is 11.3 Å². The topological polar surface area (TPSA) is 63.3 Å². The van der Waals surface area contributed by atoms with Crippen molar-refractivity contribution in [1.29, 1.82) is 0 Å². The first-order valence-corrected chi connectivity index (χ1v) is 8.56. The number of benzene rings is 1. The Morgan fingerprint density at radius 1 is 1.41 bits per heavy atom. The van der Waals surface area contributed by atoms with Crippen molar-refractivity contribution in [2.75, 3.05) is 11.9 Å². The SMILES string of the molecule is CCc1nc(CCN=C(N)Nc2cccc(C(C)C)c2)cs1. The molecular formula is C17H24N4S. The zero-order valence-electron chi connectivity index (χ0n) is 13.5. The largest absolute Gasteiger partial charge is 0.370 e. The summed E-state index contributed by atoms with van der Waals surface area (Å²) in [6.45, 7) is 7.12. The summed E-state index contributed by atoms with van der Waals surface area (Å²) in [5, 5.41) is 6.43. The summed E-state index contributed by atoms with van der Waals surface area (Å²) in [6, 6.07) is 8.27. The monoisotopic (exact) mass is 316 g/mol. The molecule has 4 nitrogen and oxygen atoms in total. The molecule has 0 atom stereocenters. The van der Waals surface area contributed by atoms with Crippen molar-refractivity contribution in [1.82, 2.24) is 4.98 Å². The zero-order valence-corrected chi connectivity index (χ0v) is 14.3. The van der Waals surface area contributed by atoms with Crippen LogP contribution in [0.3, 0.4) is 0 Å². The summed E-state index contributed by atoms with van der Waals surface area (Å²) >= 11 is 1.71. The Labute approximate surface area is 136 Å². The Morgan fingerprint density at radius 3 is 2.91 bits per heavy atom. The number of aryl methyl sites for hydroxylation is 1. The molecule has 3 N–H and O–H groups in total. The van der Waals surface area contributed by atoms with E-state index in [-0.39, 0.29) is 0 Å². The van der Waals surface area contributed by atoms with Gasteiger partial charge in [0, 0.05) is 24.0 Å². The molecule has 0 aliphatic rings. The third kappa shape index (κ3) is 4.84. The number of aliphatic imine (C=N–C) groups is 1. The number of guanidine groups is 1. The molecule has 22 heavy (non-hydrogen) atoms.